The summed E-state index contributed by atoms with van der Waals surface area (Å²) >= 11 is 0. The van der Waals surface area contributed by atoms with Crippen molar-refractivity contribution in [3.05, 3.63) is 48.3 Å². The predicted octanol–water partition coefficient (Wildman–Crippen LogP) is 1.94. The van der Waals surface area contributed by atoms with Crippen molar-refractivity contribution in [1.82, 2.24) is 15.1 Å². The van der Waals surface area contributed by atoms with E-state index in [9.17, 15) is 13.2 Å². The number of aryl methyl sites for hydroxylation is 1. The monoisotopic (exact) mass is 335 g/mol. The van der Waals surface area contributed by atoms with Gasteiger partial charge in [0.2, 0.25) is 5.91 Å². The molecule has 0 saturated heterocycles. The quantitative estimate of drug-likeness (QED) is 0.838. The average Bonchev–Trinajstić information content (AvgIpc) is 3.03. The summed E-state index contributed by atoms with van der Waals surface area (Å²) in [6, 6.07) is 9.74. The molecule has 0 fully saturated rings. The van der Waals surface area contributed by atoms with Crippen LogP contribution in [0, 0.1) is 0 Å². The molecule has 23 heavy (non-hydrogen) atoms. The smallest absolute Gasteiger partial charge is 0.221 e. The van der Waals surface area contributed by atoms with Gasteiger partial charge in [0.1, 0.15) is 0 Å². The van der Waals surface area contributed by atoms with Crippen LogP contribution in [0.2, 0.25) is 0 Å². The predicted molar refractivity (Wildman–Crippen MR) is 87.6 cm³/mol. The van der Waals surface area contributed by atoms with E-state index in [-0.39, 0.29) is 29.0 Å². The first-order chi connectivity index (χ1) is 10.9. The van der Waals surface area contributed by atoms with Crippen molar-refractivity contribution in [2.45, 2.75) is 37.8 Å². The number of amides is 1. The molecule has 0 saturated carbocycles. The Morgan fingerprint density at radius 1 is 1.26 bits per heavy atom. The first kappa shape index (κ1) is 17.2. The van der Waals surface area contributed by atoms with Gasteiger partial charge in [0.15, 0.2) is 9.84 Å². The summed E-state index contributed by atoms with van der Waals surface area (Å²) in [4.78, 5) is 12.2. The lowest BCUT2D eigenvalue weighted by atomic mass is 10.2. The minimum atomic E-state index is -3.44. The van der Waals surface area contributed by atoms with Crippen LogP contribution >= 0.6 is 0 Å². The van der Waals surface area contributed by atoms with Gasteiger partial charge in [-0.2, -0.15) is 5.10 Å². The summed E-state index contributed by atoms with van der Waals surface area (Å²) in [5, 5.41) is 7.10. The topological polar surface area (TPSA) is 81.1 Å². The zero-order chi connectivity index (χ0) is 16.9. The van der Waals surface area contributed by atoms with Crippen molar-refractivity contribution in [2.75, 3.05) is 5.75 Å². The number of nitrogens with one attached hydrogen (secondary N) is 1. The highest BCUT2D eigenvalue weighted by Gasteiger charge is 2.18. The van der Waals surface area contributed by atoms with Crippen LogP contribution in [0.4, 0.5) is 0 Å². The van der Waals surface area contributed by atoms with Crippen LogP contribution in [0.25, 0.3) is 0 Å². The number of hydrogen-bond acceptors (Lipinski definition) is 4. The molecule has 0 radical (unpaired) electrons. The fraction of sp³-hybridized carbons (Fsp3) is 0.375. The van der Waals surface area contributed by atoms with E-state index in [0.29, 0.717) is 0 Å². The molecule has 0 aliphatic carbocycles. The molecule has 1 aromatic heterocycles. The van der Waals surface area contributed by atoms with Gasteiger partial charge in [-0.05, 0) is 32.0 Å². The Morgan fingerprint density at radius 3 is 2.57 bits per heavy atom. The van der Waals surface area contributed by atoms with E-state index in [4.69, 9.17) is 0 Å². The van der Waals surface area contributed by atoms with Crippen LogP contribution in [0.3, 0.4) is 0 Å². The van der Waals surface area contributed by atoms with Crippen molar-refractivity contribution >= 4 is 15.7 Å². The maximum atomic E-state index is 12.1. The Kier molecular flexibility index (Phi) is 5.54. The SMILES string of the molecule is CCn1ccc([C@@H](C)NC(=O)CCS(=O)(=O)c2ccccc2)n1. The van der Waals surface area contributed by atoms with E-state index in [1.807, 2.05) is 26.1 Å². The summed E-state index contributed by atoms with van der Waals surface area (Å²) in [5.41, 5.74) is 0.756. The molecule has 1 aromatic carbocycles. The second kappa shape index (κ2) is 7.41. The summed E-state index contributed by atoms with van der Waals surface area (Å²) < 4.78 is 26.1. The van der Waals surface area contributed by atoms with Gasteiger partial charge in [-0.3, -0.25) is 9.48 Å². The molecule has 7 heteroatoms. The number of rotatable bonds is 7. The minimum absolute atomic E-state index is 0.0734. The first-order valence-corrected chi connectivity index (χ1v) is 9.18. The first-order valence-electron chi connectivity index (χ1n) is 7.53. The molecule has 1 amide bonds. The number of aromatic nitrogens is 2. The van der Waals surface area contributed by atoms with E-state index < -0.39 is 9.84 Å². The molecular formula is C16H21N3O3S. The number of benzene rings is 1. The normalized spacial score (nSPS) is 12.8. The van der Waals surface area contributed by atoms with Crippen molar-refractivity contribution in [1.29, 1.82) is 0 Å². The average molecular weight is 335 g/mol. The van der Waals surface area contributed by atoms with Crippen LogP contribution in [0.15, 0.2) is 47.5 Å². The third-order valence-corrected chi connectivity index (χ3v) is 5.24. The van der Waals surface area contributed by atoms with Crippen LogP contribution in [-0.2, 0) is 21.2 Å². The number of sulfone groups is 1. The minimum Gasteiger partial charge on any atom is -0.348 e. The molecule has 0 aliphatic heterocycles. The molecule has 0 aliphatic rings. The zero-order valence-corrected chi connectivity index (χ0v) is 14.1. The molecule has 1 heterocycles. The molecule has 2 aromatic rings. The largest absolute Gasteiger partial charge is 0.348 e. The highest BCUT2D eigenvalue weighted by molar-refractivity contribution is 7.91. The van der Waals surface area contributed by atoms with E-state index in [1.165, 1.54) is 12.1 Å². The summed E-state index contributed by atoms with van der Waals surface area (Å²) in [6.07, 6.45) is 1.77. The molecule has 6 nitrogen and oxygen atoms in total. The Bertz CT molecular complexity index is 754. The van der Waals surface area contributed by atoms with Gasteiger partial charge in [-0.25, -0.2) is 8.42 Å². The van der Waals surface area contributed by atoms with Crippen molar-refractivity contribution < 1.29 is 13.2 Å². The third-order valence-electron chi connectivity index (χ3n) is 3.51. The molecule has 2 rings (SSSR count). The van der Waals surface area contributed by atoms with Gasteiger partial charge < -0.3 is 5.32 Å². The second-order valence-electron chi connectivity index (χ2n) is 5.27. The summed E-state index contributed by atoms with van der Waals surface area (Å²) in [7, 11) is -3.44. The molecular weight excluding hydrogens is 314 g/mol. The fourth-order valence-corrected chi connectivity index (χ4v) is 3.41. The van der Waals surface area contributed by atoms with Gasteiger partial charge in [0.25, 0.3) is 0 Å². The number of carbonyl (C=O) groups is 1. The third kappa shape index (κ3) is 4.66. The Balaban J connectivity index is 1.90. The summed E-state index contributed by atoms with van der Waals surface area (Å²) in [6.45, 7) is 4.57. The maximum Gasteiger partial charge on any atom is 0.221 e. The van der Waals surface area contributed by atoms with E-state index in [1.54, 1.807) is 22.9 Å². The van der Waals surface area contributed by atoms with Gasteiger partial charge in [-0.1, -0.05) is 18.2 Å². The molecule has 0 spiro atoms. The zero-order valence-electron chi connectivity index (χ0n) is 13.3. The molecule has 1 atom stereocenters. The molecule has 1 N–H and O–H groups in total. The van der Waals surface area contributed by atoms with Crippen molar-refractivity contribution in [2.24, 2.45) is 0 Å². The number of hydrogen-bond donors (Lipinski definition) is 1. The van der Waals surface area contributed by atoms with Gasteiger partial charge >= 0.3 is 0 Å². The Labute approximate surface area is 136 Å². The van der Waals surface area contributed by atoms with Crippen LogP contribution in [-0.4, -0.2) is 29.9 Å². The van der Waals surface area contributed by atoms with Crippen LogP contribution < -0.4 is 5.32 Å². The standard InChI is InChI=1S/C16H21N3O3S/c1-3-19-11-9-15(18-19)13(2)17-16(20)10-12-23(21,22)14-7-5-4-6-8-14/h4-9,11,13H,3,10,12H2,1-2H3,(H,17,20)/t13-/m1/s1. The lowest BCUT2D eigenvalue weighted by Gasteiger charge is -2.11. The van der Waals surface area contributed by atoms with E-state index >= 15 is 0 Å². The Hall–Kier alpha value is -2.15. The maximum absolute atomic E-state index is 12.1. The van der Waals surface area contributed by atoms with Crippen molar-refractivity contribution in [3.63, 3.8) is 0 Å². The van der Waals surface area contributed by atoms with Gasteiger partial charge in [-0.15, -0.1) is 0 Å². The Morgan fingerprint density at radius 2 is 1.96 bits per heavy atom. The lowest BCUT2D eigenvalue weighted by molar-refractivity contribution is -0.121. The van der Waals surface area contributed by atoms with Crippen LogP contribution in [0.5, 0.6) is 0 Å². The van der Waals surface area contributed by atoms with E-state index in [2.05, 4.69) is 10.4 Å². The highest BCUT2D eigenvalue weighted by Crippen LogP contribution is 2.12. The lowest BCUT2D eigenvalue weighted by Crippen LogP contribution is -2.28. The van der Waals surface area contributed by atoms with Crippen molar-refractivity contribution in [3.8, 4) is 0 Å². The number of carbonyl (C=O) groups excluding carboxylic acids is 1. The van der Waals surface area contributed by atoms with Gasteiger partial charge in [0.05, 0.1) is 22.4 Å². The highest BCUT2D eigenvalue weighted by atomic mass is 32.2. The molecule has 0 bridgehead atoms. The molecule has 124 valence electrons. The van der Waals surface area contributed by atoms with Crippen LogP contribution in [0.1, 0.15) is 32.0 Å². The molecule has 0 unspecified atom stereocenters. The number of nitrogens with zero attached hydrogens (tertiary/aromatic N) is 2. The van der Waals surface area contributed by atoms with E-state index in [0.717, 1.165) is 12.2 Å². The van der Waals surface area contributed by atoms with Gasteiger partial charge in [0, 0.05) is 19.2 Å². The fourth-order valence-electron chi connectivity index (χ4n) is 2.14. The second-order valence-corrected chi connectivity index (χ2v) is 7.38. The summed E-state index contributed by atoms with van der Waals surface area (Å²) in [5.74, 6) is -0.512.